The van der Waals surface area contributed by atoms with Gasteiger partial charge in [-0.1, -0.05) is 48.0 Å². The molecule has 0 spiro atoms. The van der Waals surface area contributed by atoms with Crippen molar-refractivity contribution in [2.45, 2.75) is 12.4 Å². The van der Waals surface area contributed by atoms with Crippen LogP contribution in [0.5, 0.6) is 0 Å². The summed E-state index contributed by atoms with van der Waals surface area (Å²) in [6.45, 7) is -0.449. The number of amides is 1. The molecule has 0 saturated carbocycles. The topological polar surface area (TPSA) is 79.2 Å². The maximum absolute atomic E-state index is 12.4. The van der Waals surface area contributed by atoms with Crippen LogP contribution >= 0.6 is 11.6 Å². The van der Waals surface area contributed by atoms with E-state index in [2.05, 4.69) is 10.4 Å². The summed E-state index contributed by atoms with van der Waals surface area (Å²) in [4.78, 5) is 11.1. The lowest BCUT2D eigenvalue weighted by atomic mass is 10.0. The monoisotopic (exact) mass is 422 g/mol. The van der Waals surface area contributed by atoms with Gasteiger partial charge < -0.3 is 15.7 Å². The first kappa shape index (κ1) is 19.3. The number of alkyl halides is 3. The van der Waals surface area contributed by atoms with Crippen molar-refractivity contribution in [3.63, 3.8) is 0 Å². The average molecular weight is 423 g/mol. The first-order valence-corrected chi connectivity index (χ1v) is 8.90. The molecule has 0 bridgehead atoms. The van der Waals surface area contributed by atoms with E-state index in [1.54, 1.807) is 5.32 Å². The van der Waals surface area contributed by atoms with E-state index < -0.39 is 24.9 Å². The Hall–Kier alpha value is -3.04. The number of halogens is 4. The maximum Gasteiger partial charge on any atom is 0.471 e. The number of aliphatic hydroxyl groups is 1. The number of aliphatic hydroxyl groups excluding tert-OH is 1. The van der Waals surface area contributed by atoms with E-state index in [0.29, 0.717) is 11.4 Å². The predicted molar refractivity (Wildman–Crippen MR) is 102 cm³/mol. The highest BCUT2D eigenvalue weighted by Gasteiger charge is 2.38. The van der Waals surface area contributed by atoms with Crippen LogP contribution in [0.15, 0.2) is 54.2 Å². The Morgan fingerprint density at radius 3 is 2.69 bits per heavy atom. The van der Waals surface area contributed by atoms with Crippen molar-refractivity contribution in [3.8, 4) is 11.1 Å². The van der Waals surface area contributed by atoms with Crippen LogP contribution in [0.3, 0.4) is 0 Å². The van der Waals surface area contributed by atoms with E-state index >= 15 is 0 Å². The van der Waals surface area contributed by atoms with Gasteiger partial charge in [0.15, 0.2) is 11.4 Å². The Balaban J connectivity index is 1.66. The molecular weight excluding hydrogens is 409 g/mol. The van der Waals surface area contributed by atoms with Crippen molar-refractivity contribution < 1.29 is 23.1 Å². The largest absolute Gasteiger partial charge is 0.471 e. The first-order valence-electron chi connectivity index (χ1n) is 8.52. The standard InChI is InChI=1S/C19H14ClF3N4O2/c20-16-15(12-6-5-10-3-1-2-4-11(10)7-12)17-25-13(8-14(28)27(17)26-16)9-24-18(29)19(21,22)23/h1-8,14,25,28H,9H2,(H,24,29). The van der Waals surface area contributed by atoms with Crippen LogP contribution in [0.2, 0.25) is 5.15 Å². The number of carbonyl (C=O) groups excluding carboxylic acids is 1. The van der Waals surface area contributed by atoms with Gasteiger partial charge in [-0.05, 0) is 28.5 Å². The van der Waals surface area contributed by atoms with E-state index in [1.807, 2.05) is 42.5 Å². The molecule has 1 amide bonds. The lowest BCUT2D eigenvalue weighted by Gasteiger charge is -2.23. The van der Waals surface area contributed by atoms with Gasteiger partial charge in [0.1, 0.15) is 5.82 Å². The predicted octanol–water partition coefficient (Wildman–Crippen LogP) is 3.84. The Kier molecular flexibility index (Phi) is 4.71. The van der Waals surface area contributed by atoms with Gasteiger partial charge in [-0.2, -0.15) is 18.3 Å². The minimum Gasteiger partial charge on any atom is -0.368 e. The molecule has 1 atom stereocenters. The van der Waals surface area contributed by atoms with Crippen LogP contribution in [-0.2, 0) is 4.79 Å². The Morgan fingerprint density at radius 2 is 1.97 bits per heavy atom. The molecule has 2 aromatic carbocycles. The summed E-state index contributed by atoms with van der Waals surface area (Å²) in [6.07, 6.45) is -5.00. The van der Waals surface area contributed by atoms with Crippen molar-refractivity contribution in [2.24, 2.45) is 0 Å². The molecule has 0 aliphatic carbocycles. The van der Waals surface area contributed by atoms with Gasteiger partial charge in [0.05, 0.1) is 12.1 Å². The number of rotatable bonds is 3. The number of anilines is 1. The van der Waals surface area contributed by atoms with Crippen molar-refractivity contribution in [1.82, 2.24) is 15.1 Å². The summed E-state index contributed by atoms with van der Waals surface area (Å²) >= 11 is 6.30. The van der Waals surface area contributed by atoms with E-state index in [9.17, 15) is 23.1 Å². The van der Waals surface area contributed by atoms with Crippen LogP contribution in [0.4, 0.5) is 19.0 Å². The molecule has 1 unspecified atom stereocenters. The molecule has 2 heterocycles. The molecule has 4 rings (SSSR count). The fraction of sp³-hybridized carbons (Fsp3) is 0.158. The molecular formula is C19H14ClF3N4O2. The average Bonchev–Trinajstić information content (AvgIpc) is 3.01. The molecule has 0 fully saturated rings. The van der Waals surface area contributed by atoms with Crippen molar-refractivity contribution in [1.29, 1.82) is 0 Å². The number of hydrogen-bond acceptors (Lipinski definition) is 4. The summed E-state index contributed by atoms with van der Waals surface area (Å²) in [5.74, 6) is -1.75. The molecule has 3 aromatic rings. The summed E-state index contributed by atoms with van der Waals surface area (Å²) < 4.78 is 38.4. The van der Waals surface area contributed by atoms with Crippen LogP contribution in [0.25, 0.3) is 21.9 Å². The zero-order chi connectivity index (χ0) is 20.8. The Bertz CT molecular complexity index is 1140. The van der Waals surface area contributed by atoms with Gasteiger partial charge in [-0.3, -0.25) is 4.79 Å². The smallest absolute Gasteiger partial charge is 0.368 e. The third kappa shape index (κ3) is 3.66. The second kappa shape index (κ2) is 7.09. The van der Waals surface area contributed by atoms with Crippen LogP contribution in [0.1, 0.15) is 6.23 Å². The van der Waals surface area contributed by atoms with Crippen molar-refractivity contribution in [3.05, 3.63) is 59.4 Å². The van der Waals surface area contributed by atoms with Gasteiger partial charge in [-0.25, -0.2) is 4.68 Å². The van der Waals surface area contributed by atoms with E-state index in [0.717, 1.165) is 16.3 Å². The number of hydrogen-bond donors (Lipinski definition) is 3. The Morgan fingerprint density at radius 1 is 1.24 bits per heavy atom. The van der Waals surface area contributed by atoms with Crippen LogP contribution in [0, 0.1) is 0 Å². The highest BCUT2D eigenvalue weighted by atomic mass is 35.5. The molecule has 0 saturated heterocycles. The molecule has 3 N–H and O–H groups in total. The second-order valence-corrected chi connectivity index (χ2v) is 6.79. The molecule has 29 heavy (non-hydrogen) atoms. The number of benzene rings is 2. The molecule has 1 aliphatic rings. The van der Waals surface area contributed by atoms with Gasteiger partial charge in [0.2, 0.25) is 0 Å². The SMILES string of the molecule is O=C(NCC1=CC(O)n2nc(Cl)c(-c3ccc4ccccc4c3)c2N1)C(F)(F)F. The van der Waals surface area contributed by atoms with Gasteiger partial charge in [-0.15, -0.1) is 0 Å². The fourth-order valence-corrected chi connectivity index (χ4v) is 3.42. The molecule has 6 nitrogen and oxygen atoms in total. The lowest BCUT2D eigenvalue weighted by Crippen LogP contribution is -2.39. The highest BCUT2D eigenvalue weighted by molar-refractivity contribution is 6.33. The molecule has 10 heteroatoms. The number of nitrogens with one attached hydrogen (secondary N) is 2. The zero-order valence-corrected chi connectivity index (χ0v) is 15.4. The number of aromatic nitrogens is 2. The zero-order valence-electron chi connectivity index (χ0n) is 14.7. The second-order valence-electron chi connectivity index (χ2n) is 6.43. The number of fused-ring (bicyclic) bond motifs is 2. The van der Waals surface area contributed by atoms with Gasteiger partial charge >= 0.3 is 12.1 Å². The van der Waals surface area contributed by atoms with Crippen LogP contribution in [-0.4, -0.2) is 33.5 Å². The normalized spacial score (nSPS) is 16.2. The molecule has 0 radical (unpaired) electrons. The minimum absolute atomic E-state index is 0.121. The van der Waals surface area contributed by atoms with Crippen LogP contribution < -0.4 is 10.6 Å². The minimum atomic E-state index is -4.99. The molecule has 1 aromatic heterocycles. The fourth-order valence-electron chi connectivity index (χ4n) is 3.14. The Labute approximate surface area is 167 Å². The van der Waals surface area contributed by atoms with E-state index in [1.165, 1.54) is 10.8 Å². The highest BCUT2D eigenvalue weighted by Crippen LogP contribution is 2.39. The number of carbonyl (C=O) groups is 1. The summed E-state index contributed by atoms with van der Waals surface area (Å²) in [7, 11) is 0. The molecule has 150 valence electrons. The molecule has 1 aliphatic heterocycles. The lowest BCUT2D eigenvalue weighted by molar-refractivity contribution is -0.173. The van der Waals surface area contributed by atoms with Gasteiger partial charge in [0.25, 0.3) is 0 Å². The van der Waals surface area contributed by atoms with Gasteiger partial charge in [0, 0.05) is 5.70 Å². The summed E-state index contributed by atoms with van der Waals surface area (Å²) in [6, 6.07) is 13.3. The summed E-state index contributed by atoms with van der Waals surface area (Å²) in [5, 5.41) is 21.2. The first-order chi connectivity index (χ1) is 13.7. The summed E-state index contributed by atoms with van der Waals surface area (Å²) in [5.41, 5.74) is 1.39. The third-order valence-corrected chi connectivity index (χ3v) is 4.75. The van der Waals surface area contributed by atoms with Crippen molar-refractivity contribution >= 4 is 34.1 Å². The quantitative estimate of drug-likeness (QED) is 0.599. The van der Waals surface area contributed by atoms with Crippen molar-refractivity contribution in [2.75, 3.05) is 11.9 Å². The number of nitrogens with zero attached hydrogens (tertiary/aromatic N) is 2. The van der Waals surface area contributed by atoms with E-state index in [4.69, 9.17) is 11.6 Å². The van der Waals surface area contributed by atoms with E-state index in [-0.39, 0.29) is 10.9 Å². The third-order valence-electron chi connectivity index (χ3n) is 4.48. The maximum atomic E-state index is 12.4.